The first-order valence-electron chi connectivity index (χ1n) is 6.07. The maximum absolute atomic E-state index is 11.9. The van der Waals surface area contributed by atoms with Gasteiger partial charge in [0, 0.05) is 11.4 Å². The molecule has 1 aromatic rings. The fraction of sp³-hybridized carbons (Fsp3) is 0.385. The number of amides is 2. The van der Waals surface area contributed by atoms with E-state index in [1.165, 1.54) is 7.11 Å². The molecule has 0 aliphatic carbocycles. The summed E-state index contributed by atoms with van der Waals surface area (Å²) in [6, 6.07) is 6.23. The van der Waals surface area contributed by atoms with Crippen LogP contribution in [0.4, 0.5) is 16.2 Å². The number of anilines is 2. The molecule has 0 spiro atoms. The molecule has 4 N–H and O–H groups in total. The van der Waals surface area contributed by atoms with Crippen molar-refractivity contribution in [2.75, 3.05) is 29.8 Å². The van der Waals surface area contributed by atoms with Crippen LogP contribution in [0, 0.1) is 0 Å². The Hall–Kier alpha value is -1.73. The van der Waals surface area contributed by atoms with Gasteiger partial charge in [0.25, 0.3) is 0 Å². The highest BCUT2D eigenvalue weighted by molar-refractivity contribution is 7.98. The zero-order chi connectivity index (χ0) is 15.0. The number of methoxy groups -OCH3 is 1. The van der Waals surface area contributed by atoms with Crippen molar-refractivity contribution in [3.8, 4) is 0 Å². The van der Waals surface area contributed by atoms with Crippen LogP contribution in [0.3, 0.4) is 0 Å². The van der Waals surface area contributed by atoms with Gasteiger partial charge in [-0.1, -0.05) is 6.07 Å². The highest BCUT2D eigenvalue weighted by atomic mass is 32.2. The second-order valence-electron chi connectivity index (χ2n) is 4.07. The van der Waals surface area contributed by atoms with E-state index in [1.54, 1.807) is 36.0 Å². The molecule has 1 rings (SSSR count). The topological polar surface area (TPSA) is 93.5 Å². The second-order valence-corrected chi connectivity index (χ2v) is 5.06. The summed E-state index contributed by atoms with van der Waals surface area (Å²) in [6.07, 6.45) is 2.02. The molecule has 0 aliphatic rings. The molecule has 0 saturated carbocycles. The molecule has 0 saturated heterocycles. The molecular weight excluding hydrogens is 278 g/mol. The number of hydrogen-bond donors (Lipinski definition) is 3. The zero-order valence-corrected chi connectivity index (χ0v) is 12.3. The lowest BCUT2D eigenvalue weighted by Crippen LogP contribution is -2.36. The number of carbonyl (C=O) groups excluding carboxylic acids is 2. The number of nitrogens with one attached hydrogen (secondary N) is 2. The maximum atomic E-state index is 11.9. The van der Waals surface area contributed by atoms with Crippen LogP contribution < -0.4 is 16.4 Å². The number of benzene rings is 1. The fourth-order valence-corrected chi connectivity index (χ4v) is 1.94. The van der Waals surface area contributed by atoms with E-state index in [-0.39, 0.29) is 5.91 Å². The quantitative estimate of drug-likeness (QED) is 0.745. The molecule has 0 fully saturated rings. The summed E-state index contributed by atoms with van der Waals surface area (Å²) in [5.41, 5.74) is 6.88. The number of ether oxygens (including phenoxy) is 1. The van der Waals surface area contributed by atoms with Gasteiger partial charge in [0.1, 0.15) is 0 Å². The smallest absolute Gasteiger partial charge is 0.411 e. The Morgan fingerprint density at radius 2 is 2.00 bits per heavy atom. The van der Waals surface area contributed by atoms with E-state index >= 15 is 0 Å². The number of rotatable bonds is 6. The lowest BCUT2D eigenvalue weighted by Gasteiger charge is -2.12. The van der Waals surface area contributed by atoms with Gasteiger partial charge < -0.3 is 15.8 Å². The van der Waals surface area contributed by atoms with Gasteiger partial charge in [-0.15, -0.1) is 0 Å². The first kappa shape index (κ1) is 16.3. The van der Waals surface area contributed by atoms with Crippen molar-refractivity contribution in [2.24, 2.45) is 5.73 Å². The summed E-state index contributed by atoms with van der Waals surface area (Å²) in [4.78, 5) is 22.9. The van der Waals surface area contributed by atoms with Gasteiger partial charge in [-0.3, -0.25) is 10.1 Å². The Labute approximate surface area is 122 Å². The standard InChI is InChI=1S/C13H19N3O3S/c1-19-13(18)16-10-5-3-4-9(8-10)15-12(17)11(14)6-7-20-2/h3-5,8,11H,6-7,14H2,1-2H3,(H,15,17)(H,16,18)/t11-/m0/s1. The second kappa shape index (κ2) is 8.44. The highest BCUT2D eigenvalue weighted by Gasteiger charge is 2.13. The molecule has 0 aromatic heterocycles. The van der Waals surface area contributed by atoms with Gasteiger partial charge in [-0.25, -0.2) is 4.79 Å². The summed E-state index contributed by atoms with van der Waals surface area (Å²) in [5, 5.41) is 5.24. The maximum Gasteiger partial charge on any atom is 0.411 e. The van der Waals surface area contributed by atoms with Crippen molar-refractivity contribution in [1.29, 1.82) is 0 Å². The average molecular weight is 297 g/mol. The lowest BCUT2D eigenvalue weighted by atomic mass is 10.2. The first-order valence-corrected chi connectivity index (χ1v) is 7.46. The first-order chi connectivity index (χ1) is 9.56. The molecule has 0 bridgehead atoms. The molecule has 2 amide bonds. The third kappa shape index (κ3) is 5.50. The van der Waals surface area contributed by atoms with Gasteiger partial charge in [-0.2, -0.15) is 11.8 Å². The predicted molar refractivity (Wildman–Crippen MR) is 82.1 cm³/mol. The minimum Gasteiger partial charge on any atom is -0.453 e. The molecule has 6 nitrogen and oxygen atoms in total. The van der Waals surface area contributed by atoms with Crippen LogP contribution >= 0.6 is 11.8 Å². The lowest BCUT2D eigenvalue weighted by molar-refractivity contribution is -0.117. The van der Waals surface area contributed by atoms with Gasteiger partial charge in [0.05, 0.1) is 13.2 Å². The Bertz CT molecular complexity index is 468. The zero-order valence-electron chi connectivity index (χ0n) is 11.5. The Morgan fingerprint density at radius 3 is 2.60 bits per heavy atom. The summed E-state index contributed by atoms with van der Waals surface area (Å²) in [7, 11) is 1.28. The number of hydrogen-bond acceptors (Lipinski definition) is 5. The molecule has 20 heavy (non-hydrogen) atoms. The van der Waals surface area contributed by atoms with Gasteiger partial charge in [-0.05, 0) is 36.6 Å². The van der Waals surface area contributed by atoms with Crippen molar-refractivity contribution in [1.82, 2.24) is 0 Å². The third-order valence-electron chi connectivity index (χ3n) is 2.53. The minimum absolute atomic E-state index is 0.241. The van der Waals surface area contributed by atoms with Gasteiger partial charge >= 0.3 is 6.09 Å². The van der Waals surface area contributed by atoms with E-state index in [1.807, 2.05) is 6.26 Å². The normalized spacial score (nSPS) is 11.6. The van der Waals surface area contributed by atoms with Gasteiger partial charge in [0.15, 0.2) is 0 Å². The summed E-state index contributed by atoms with van der Waals surface area (Å²) in [6.45, 7) is 0. The Balaban J connectivity index is 2.61. The summed E-state index contributed by atoms with van der Waals surface area (Å²) in [5.74, 6) is 0.590. The SMILES string of the molecule is COC(=O)Nc1cccc(NC(=O)[C@@H](N)CCSC)c1. The molecule has 0 heterocycles. The molecule has 1 atom stereocenters. The van der Waals surface area contributed by atoms with Crippen LogP contribution in [0.1, 0.15) is 6.42 Å². The van der Waals surface area contributed by atoms with E-state index in [4.69, 9.17) is 5.73 Å². The number of thioether (sulfide) groups is 1. The van der Waals surface area contributed by atoms with Crippen molar-refractivity contribution >= 4 is 35.1 Å². The molecular formula is C13H19N3O3S. The summed E-state index contributed by atoms with van der Waals surface area (Å²) >= 11 is 1.64. The molecule has 0 radical (unpaired) electrons. The predicted octanol–water partition coefficient (Wildman–Crippen LogP) is 1.88. The third-order valence-corrected chi connectivity index (χ3v) is 3.18. The average Bonchev–Trinajstić information content (AvgIpc) is 2.44. The van der Waals surface area contributed by atoms with Crippen molar-refractivity contribution < 1.29 is 14.3 Å². The van der Waals surface area contributed by atoms with Crippen LogP contribution in [0.25, 0.3) is 0 Å². The molecule has 0 unspecified atom stereocenters. The highest BCUT2D eigenvalue weighted by Crippen LogP contribution is 2.15. The van der Waals surface area contributed by atoms with Crippen LogP contribution in [0.2, 0.25) is 0 Å². The molecule has 1 aromatic carbocycles. The van der Waals surface area contributed by atoms with Crippen molar-refractivity contribution in [3.05, 3.63) is 24.3 Å². The molecule has 7 heteroatoms. The van der Waals surface area contributed by atoms with Crippen LogP contribution in [-0.2, 0) is 9.53 Å². The van der Waals surface area contributed by atoms with Crippen LogP contribution in [-0.4, -0.2) is 37.2 Å². The van der Waals surface area contributed by atoms with Crippen LogP contribution in [0.5, 0.6) is 0 Å². The fourth-order valence-electron chi connectivity index (χ4n) is 1.45. The van der Waals surface area contributed by atoms with Crippen molar-refractivity contribution in [3.63, 3.8) is 0 Å². The molecule has 0 aliphatic heterocycles. The summed E-state index contributed by atoms with van der Waals surface area (Å²) < 4.78 is 4.50. The molecule has 110 valence electrons. The van der Waals surface area contributed by atoms with E-state index in [9.17, 15) is 9.59 Å². The van der Waals surface area contributed by atoms with E-state index in [0.717, 1.165) is 5.75 Å². The van der Waals surface area contributed by atoms with Crippen molar-refractivity contribution in [2.45, 2.75) is 12.5 Å². The largest absolute Gasteiger partial charge is 0.453 e. The Kier molecular flexibility index (Phi) is 6.89. The van der Waals surface area contributed by atoms with Gasteiger partial charge in [0.2, 0.25) is 5.91 Å². The van der Waals surface area contributed by atoms with E-state index in [2.05, 4.69) is 15.4 Å². The monoisotopic (exact) mass is 297 g/mol. The van der Waals surface area contributed by atoms with E-state index in [0.29, 0.717) is 17.8 Å². The van der Waals surface area contributed by atoms with Crippen LogP contribution in [0.15, 0.2) is 24.3 Å². The van der Waals surface area contributed by atoms with E-state index < -0.39 is 12.1 Å². The number of carbonyl (C=O) groups is 2. The minimum atomic E-state index is -0.565. The number of nitrogens with two attached hydrogens (primary N) is 1. The Morgan fingerprint density at radius 1 is 1.35 bits per heavy atom.